The summed E-state index contributed by atoms with van der Waals surface area (Å²) in [7, 11) is 0. The molecule has 0 aliphatic heterocycles. The van der Waals surface area contributed by atoms with Crippen LogP contribution in [0.3, 0.4) is 0 Å². The van der Waals surface area contributed by atoms with Gasteiger partial charge in [0.1, 0.15) is 34.9 Å². The minimum Gasteiger partial charge on any atom is -0.306 e. The van der Waals surface area contributed by atoms with Crippen LogP contribution in [0.25, 0.3) is 49.7 Å². The van der Waals surface area contributed by atoms with Crippen molar-refractivity contribution in [1.29, 1.82) is 10.5 Å². The molecule has 3 nitrogen and oxygen atoms in total. The molecule has 6 aromatic rings. The van der Waals surface area contributed by atoms with Gasteiger partial charge in [-0.2, -0.15) is 10.5 Å². The lowest BCUT2D eigenvalue weighted by Crippen LogP contribution is -2.06. The van der Waals surface area contributed by atoms with Crippen LogP contribution in [-0.4, -0.2) is 4.57 Å². The molecule has 0 saturated carbocycles. The zero-order chi connectivity index (χ0) is 25.5. The first-order valence-electron chi connectivity index (χ1n) is 11.6. The molecule has 0 radical (unpaired) electrons. The highest BCUT2D eigenvalue weighted by Gasteiger charge is 2.24. The van der Waals surface area contributed by atoms with Crippen LogP contribution in [0.1, 0.15) is 11.1 Å². The van der Waals surface area contributed by atoms with Crippen LogP contribution >= 0.6 is 0 Å². The normalized spacial score (nSPS) is 10.9. The first-order chi connectivity index (χ1) is 18.1. The highest BCUT2D eigenvalue weighted by Crippen LogP contribution is 2.39. The summed E-state index contributed by atoms with van der Waals surface area (Å²) in [5, 5.41) is 21.3. The van der Waals surface area contributed by atoms with E-state index >= 15 is 0 Å². The van der Waals surface area contributed by atoms with E-state index in [1.54, 1.807) is 4.57 Å². The Hall–Kier alpha value is -5.26. The number of hydrogen-bond donors (Lipinski definition) is 0. The van der Waals surface area contributed by atoms with E-state index in [4.69, 9.17) is 0 Å². The molecular formula is C32H17F2N3. The number of hydrogen-bond acceptors (Lipinski definition) is 2. The van der Waals surface area contributed by atoms with Gasteiger partial charge in [0.25, 0.3) is 0 Å². The van der Waals surface area contributed by atoms with Crippen molar-refractivity contribution in [3.05, 3.63) is 126 Å². The fourth-order valence-electron chi connectivity index (χ4n) is 4.93. The number of fused-ring (bicyclic) bond motifs is 3. The van der Waals surface area contributed by atoms with E-state index in [-0.39, 0.29) is 16.8 Å². The lowest BCUT2D eigenvalue weighted by atomic mass is 10.0. The number of aromatic nitrogens is 1. The van der Waals surface area contributed by atoms with Crippen molar-refractivity contribution in [3.63, 3.8) is 0 Å². The standard InChI is InChI=1S/C32H17F2N3/c33-28-17-29(34)27(19-36)32(26(28)18-35)37-30-13-11-22(20-7-3-1-4-8-20)15-24(30)25-16-23(12-14-31(25)37)21-9-5-2-6-10-21/h1-17H. The number of benzene rings is 5. The number of rotatable bonds is 3. The first-order valence-corrected chi connectivity index (χ1v) is 11.6. The molecule has 0 fully saturated rings. The predicted molar refractivity (Wildman–Crippen MR) is 141 cm³/mol. The zero-order valence-electron chi connectivity index (χ0n) is 19.4. The SMILES string of the molecule is N#Cc1c(F)cc(F)c(C#N)c1-n1c2ccc(-c3ccccc3)cc2c2cc(-c3ccccc3)ccc21. The molecule has 5 aromatic carbocycles. The molecule has 0 N–H and O–H groups in total. The lowest BCUT2D eigenvalue weighted by molar-refractivity contribution is 0.577. The van der Waals surface area contributed by atoms with Crippen molar-refractivity contribution in [3.8, 4) is 40.1 Å². The number of nitrogens with zero attached hydrogens (tertiary/aromatic N) is 3. The summed E-state index contributed by atoms with van der Waals surface area (Å²) in [5.74, 6) is -2.02. The summed E-state index contributed by atoms with van der Waals surface area (Å²) in [4.78, 5) is 0. The summed E-state index contributed by atoms with van der Waals surface area (Å²) in [6, 6.07) is 35.7. The first kappa shape index (κ1) is 22.2. The Bertz CT molecular complexity index is 1770. The van der Waals surface area contributed by atoms with E-state index in [0.29, 0.717) is 17.1 Å². The van der Waals surface area contributed by atoms with E-state index < -0.39 is 11.6 Å². The molecule has 37 heavy (non-hydrogen) atoms. The van der Waals surface area contributed by atoms with Gasteiger partial charge in [-0.3, -0.25) is 0 Å². The summed E-state index contributed by atoms with van der Waals surface area (Å²) >= 11 is 0. The monoisotopic (exact) mass is 481 g/mol. The Morgan fingerprint density at radius 3 is 1.35 bits per heavy atom. The predicted octanol–water partition coefficient (Wildman–Crippen LogP) is 8.14. The summed E-state index contributed by atoms with van der Waals surface area (Å²) in [6.45, 7) is 0. The van der Waals surface area contributed by atoms with Crippen molar-refractivity contribution in [2.75, 3.05) is 0 Å². The molecule has 0 aliphatic rings. The Balaban J connectivity index is 1.76. The van der Waals surface area contributed by atoms with Crippen LogP contribution in [0.4, 0.5) is 8.78 Å². The molecule has 174 valence electrons. The molecule has 1 heterocycles. The Labute approximate surface area is 211 Å². The largest absolute Gasteiger partial charge is 0.306 e. The average molecular weight is 482 g/mol. The second-order valence-corrected chi connectivity index (χ2v) is 8.69. The van der Waals surface area contributed by atoms with Crippen LogP contribution in [0, 0.1) is 34.3 Å². The highest BCUT2D eigenvalue weighted by molar-refractivity contribution is 6.12. The average Bonchev–Trinajstić information content (AvgIpc) is 3.26. The summed E-state index contributed by atoms with van der Waals surface area (Å²) in [5.41, 5.74) is 4.42. The van der Waals surface area contributed by atoms with Crippen molar-refractivity contribution >= 4 is 21.8 Å². The molecule has 0 bridgehead atoms. The fraction of sp³-hybridized carbons (Fsp3) is 0. The second kappa shape index (κ2) is 8.75. The maximum atomic E-state index is 14.8. The van der Waals surface area contributed by atoms with Crippen molar-refractivity contribution < 1.29 is 8.78 Å². The van der Waals surface area contributed by atoms with Crippen LogP contribution in [0.2, 0.25) is 0 Å². The van der Waals surface area contributed by atoms with Gasteiger partial charge in [0, 0.05) is 16.8 Å². The van der Waals surface area contributed by atoms with Crippen LogP contribution < -0.4 is 0 Å². The minimum atomic E-state index is -1.01. The highest BCUT2D eigenvalue weighted by atomic mass is 19.1. The molecule has 5 heteroatoms. The van der Waals surface area contributed by atoms with Gasteiger partial charge in [-0.1, -0.05) is 72.8 Å². The molecule has 0 unspecified atom stereocenters. The van der Waals surface area contributed by atoms with Crippen molar-refractivity contribution in [2.24, 2.45) is 0 Å². The smallest absolute Gasteiger partial charge is 0.146 e. The second-order valence-electron chi connectivity index (χ2n) is 8.69. The third kappa shape index (κ3) is 3.54. The maximum Gasteiger partial charge on any atom is 0.146 e. The molecule has 0 amide bonds. The van der Waals surface area contributed by atoms with Gasteiger partial charge in [-0.25, -0.2) is 8.78 Å². The van der Waals surface area contributed by atoms with Crippen molar-refractivity contribution in [1.82, 2.24) is 4.57 Å². The van der Waals surface area contributed by atoms with Crippen LogP contribution in [-0.2, 0) is 0 Å². The third-order valence-electron chi connectivity index (χ3n) is 6.63. The molecular weight excluding hydrogens is 464 g/mol. The van der Waals surface area contributed by atoms with Crippen LogP contribution in [0.5, 0.6) is 0 Å². The minimum absolute atomic E-state index is 0.0950. The Morgan fingerprint density at radius 1 is 0.514 bits per heavy atom. The lowest BCUT2D eigenvalue weighted by Gasteiger charge is -2.13. The molecule has 1 aromatic heterocycles. The summed E-state index contributed by atoms with van der Waals surface area (Å²) in [6.07, 6.45) is 0. The fourth-order valence-corrected chi connectivity index (χ4v) is 4.93. The van der Waals surface area contributed by atoms with Crippen molar-refractivity contribution in [2.45, 2.75) is 0 Å². The zero-order valence-corrected chi connectivity index (χ0v) is 19.4. The van der Waals surface area contributed by atoms with Gasteiger partial charge < -0.3 is 4.57 Å². The quantitative estimate of drug-likeness (QED) is 0.256. The maximum absolute atomic E-state index is 14.8. The van der Waals surface area contributed by atoms with E-state index in [0.717, 1.165) is 33.0 Å². The van der Waals surface area contributed by atoms with E-state index in [9.17, 15) is 19.3 Å². The van der Waals surface area contributed by atoms with Gasteiger partial charge >= 0.3 is 0 Å². The van der Waals surface area contributed by atoms with E-state index in [1.807, 2.05) is 109 Å². The molecule has 6 rings (SSSR count). The molecule has 0 atom stereocenters. The van der Waals surface area contributed by atoms with Crippen LogP contribution in [0.15, 0.2) is 103 Å². The Kier molecular flexibility index (Phi) is 5.26. The number of nitriles is 2. The molecule has 0 aliphatic carbocycles. The van der Waals surface area contributed by atoms with Gasteiger partial charge in [-0.05, 0) is 46.5 Å². The van der Waals surface area contributed by atoms with Gasteiger partial charge in [0.15, 0.2) is 0 Å². The number of halogens is 2. The van der Waals surface area contributed by atoms with E-state index in [2.05, 4.69) is 0 Å². The molecule has 0 saturated heterocycles. The van der Waals surface area contributed by atoms with E-state index in [1.165, 1.54) is 0 Å². The summed E-state index contributed by atoms with van der Waals surface area (Å²) < 4.78 is 31.2. The van der Waals surface area contributed by atoms with Gasteiger partial charge in [0.05, 0.1) is 16.7 Å². The topological polar surface area (TPSA) is 52.5 Å². The third-order valence-corrected chi connectivity index (χ3v) is 6.63. The Morgan fingerprint density at radius 2 is 0.946 bits per heavy atom. The van der Waals surface area contributed by atoms with Gasteiger partial charge in [0.2, 0.25) is 0 Å². The molecule has 0 spiro atoms. The van der Waals surface area contributed by atoms with Gasteiger partial charge in [-0.15, -0.1) is 0 Å².